The van der Waals surface area contributed by atoms with Crippen molar-refractivity contribution in [2.24, 2.45) is 0 Å². The lowest BCUT2D eigenvalue weighted by atomic mass is 10.1. The fraction of sp³-hybridized carbons (Fsp3) is 0.688. The molecule has 0 spiro atoms. The predicted octanol–water partition coefficient (Wildman–Crippen LogP) is 2.09. The number of nitrogens with one attached hydrogen (secondary N) is 2. The molecule has 0 aromatic carbocycles. The van der Waals surface area contributed by atoms with Gasteiger partial charge in [-0.25, -0.2) is 0 Å². The number of amides is 1. The summed E-state index contributed by atoms with van der Waals surface area (Å²) in [6.07, 6.45) is 6.18. The number of ether oxygens (including phenoxy) is 1. The van der Waals surface area contributed by atoms with Crippen molar-refractivity contribution in [3.05, 3.63) is 24.0 Å². The third kappa shape index (κ3) is 6.31. The maximum absolute atomic E-state index is 11.9. The molecule has 1 aromatic heterocycles. The normalized spacial score (nSPS) is 13.9. The van der Waals surface area contributed by atoms with Crippen LogP contribution in [-0.2, 0) is 16.1 Å². The van der Waals surface area contributed by atoms with Crippen LogP contribution in [0.15, 0.2) is 18.5 Å². The summed E-state index contributed by atoms with van der Waals surface area (Å²) in [5.74, 6) is 0.0104. The van der Waals surface area contributed by atoms with Gasteiger partial charge in [0, 0.05) is 31.6 Å². The van der Waals surface area contributed by atoms with Crippen molar-refractivity contribution in [3.8, 4) is 0 Å². The molecule has 5 heteroatoms. The van der Waals surface area contributed by atoms with Gasteiger partial charge >= 0.3 is 0 Å². The van der Waals surface area contributed by atoms with Crippen molar-refractivity contribution < 1.29 is 9.53 Å². The highest BCUT2D eigenvalue weighted by molar-refractivity contribution is 5.76. The van der Waals surface area contributed by atoms with E-state index in [2.05, 4.69) is 36.7 Å². The highest BCUT2D eigenvalue weighted by atomic mass is 16.5. The molecule has 0 aliphatic heterocycles. The monoisotopic (exact) mass is 295 g/mol. The highest BCUT2D eigenvalue weighted by Gasteiger charge is 2.11. The number of rotatable bonds is 10. The van der Waals surface area contributed by atoms with Crippen LogP contribution in [0.3, 0.4) is 0 Å². The largest absolute Gasteiger partial charge is 0.383 e. The molecule has 0 aliphatic rings. The Morgan fingerprint density at radius 2 is 2.19 bits per heavy atom. The van der Waals surface area contributed by atoms with E-state index in [0.717, 1.165) is 19.4 Å². The van der Waals surface area contributed by atoms with Gasteiger partial charge in [-0.3, -0.25) is 4.79 Å². The van der Waals surface area contributed by atoms with E-state index < -0.39 is 0 Å². The van der Waals surface area contributed by atoms with E-state index >= 15 is 0 Å². The molecule has 120 valence electrons. The summed E-state index contributed by atoms with van der Waals surface area (Å²) >= 11 is 0. The molecule has 2 N–H and O–H groups in total. The molecule has 2 unspecified atom stereocenters. The predicted molar refractivity (Wildman–Crippen MR) is 85.2 cm³/mol. The Morgan fingerprint density at radius 3 is 2.81 bits per heavy atom. The van der Waals surface area contributed by atoms with Crippen LogP contribution in [0.25, 0.3) is 0 Å². The number of hydrogen-bond donors (Lipinski definition) is 2. The van der Waals surface area contributed by atoms with Gasteiger partial charge in [0.15, 0.2) is 0 Å². The summed E-state index contributed by atoms with van der Waals surface area (Å²) in [5, 5.41) is 6.44. The maximum atomic E-state index is 11.9. The fourth-order valence-corrected chi connectivity index (χ4v) is 2.36. The summed E-state index contributed by atoms with van der Waals surface area (Å²) in [6, 6.07) is 2.48. The van der Waals surface area contributed by atoms with Crippen molar-refractivity contribution in [2.75, 3.05) is 20.3 Å². The van der Waals surface area contributed by atoms with Crippen LogP contribution in [0, 0.1) is 0 Å². The van der Waals surface area contributed by atoms with Gasteiger partial charge in [0.05, 0.1) is 6.61 Å². The number of hydrogen-bond acceptors (Lipinski definition) is 3. The van der Waals surface area contributed by atoms with Gasteiger partial charge in [-0.1, -0.05) is 13.8 Å². The summed E-state index contributed by atoms with van der Waals surface area (Å²) in [5.41, 5.74) is 1.24. The fourth-order valence-electron chi connectivity index (χ4n) is 2.36. The molecule has 1 aromatic rings. The second kappa shape index (κ2) is 9.58. The number of nitrogens with zero attached hydrogens (tertiary/aromatic N) is 1. The SMILES string of the molecule is CCCNC(CC)c1ccn(CC(=O)NC(C)COC)c1. The van der Waals surface area contributed by atoms with Crippen molar-refractivity contribution in [1.29, 1.82) is 0 Å². The molecule has 0 bridgehead atoms. The lowest BCUT2D eigenvalue weighted by Crippen LogP contribution is -2.37. The minimum Gasteiger partial charge on any atom is -0.383 e. The number of aromatic nitrogens is 1. The van der Waals surface area contributed by atoms with Crippen LogP contribution >= 0.6 is 0 Å². The third-order valence-electron chi connectivity index (χ3n) is 3.37. The van der Waals surface area contributed by atoms with E-state index in [1.807, 2.05) is 17.7 Å². The smallest absolute Gasteiger partial charge is 0.240 e. The molecule has 21 heavy (non-hydrogen) atoms. The molecular formula is C16H29N3O2. The number of carbonyl (C=O) groups excluding carboxylic acids is 1. The quantitative estimate of drug-likeness (QED) is 0.695. The minimum atomic E-state index is 0.0104. The van der Waals surface area contributed by atoms with E-state index in [9.17, 15) is 4.79 Å². The zero-order chi connectivity index (χ0) is 15.7. The van der Waals surface area contributed by atoms with Crippen LogP contribution in [-0.4, -0.2) is 36.8 Å². The van der Waals surface area contributed by atoms with E-state index in [1.54, 1.807) is 7.11 Å². The first kappa shape index (κ1) is 17.7. The van der Waals surface area contributed by atoms with Gasteiger partial charge in [0.2, 0.25) is 5.91 Å². The van der Waals surface area contributed by atoms with E-state index in [-0.39, 0.29) is 11.9 Å². The van der Waals surface area contributed by atoms with Gasteiger partial charge in [-0.05, 0) is 37.9 Å². The molecule has 0 radical (unpaired) electrons. The highest BCUT2D eigenvalue weighted by Crippen LogP contribution is 2.16. The summed E-state index contributed by atoms with van der Waals surface area (Å²) in [7, 11) is 1.63. The van der Waals surface area contributed by atoms with Crippen LogP contribution in [0.5, 0.6) is 0 Å². The Bertz CT molecular complexity index is 417. The average Bonchev–Trinajstić information content (AvgIpc) is 2.88. The number of methoxy groups -OCH3 is 1. The standard InChI is InChI=1S/C16H29N3O2/c1-5-8-17-15(6-2)14-7-9-19(10-14)11-16(20)18-13(3)12-21-4/h7,9-10,13,15,17H,5-6,8,11-12H2,1-4H3,(H,18,20). The molecule has 0 saturated carbocycles. The first-order valence-electron chi connectivity index (χ1n) is 7.78. The Labute approximate surface area is 128 Å². The molecule has 1 amide bonds. The molecule has 1 rings (SSSR count). The molecule has 2 atom stereocenters. The molecule has 0 saturated heterocycles. The van der Waals surface area contributed by atoms with Crippen molar-refractivity contribution in [1.82, 2.24) is 15.2 Å². The van der Waals surface area contributed by atoms with Crippen LogP contribution in [0.1, 0.15) is 45.2 Å². The molecule has 5 nitrogen and oxygen atoms in total. The molecule has 1 heterocycles. The summed E-state index contributed by atoms with van der Waals surface area (Å²) < 4.78 is 6.94. The van der Waals surface area contributed by atoms with Gasteiger partial charge in [0.25, 0.3) is 0 Å². The first-order valence-corrected chi connectivity index (χ1v) is 7.78. The number of carbonyl (C=O) groups is 1. The van der Waals surface area contributed by atoms with Crippen molar-refractivity contribution in [2.45, 2.75) is 52.2 Å². The molecule has 0 aliphatic carbocycles. The zero-order valence-electron chi connectivity index (χ0n) is 13.7. The Hall–Kier alpha value is -1.33. The Morgan fingerprint density at radius 1 is 1.43 bits per heavy atom. The second-order valence-corrected chi connectivity index (χ2v) is 5.46. The minimum absolute atomic E-state index is 0.0104. The topological polar surface area (TPSA) is 55.3 Å². The lowest BCUT2D eigenvalue weighted by Gasteiger charge is -2.15. The van der Waals surface area contributed by atoms with Gasteiger partial charge in [-0.2, -0.15) is 0 Å². The third-order valence-corrected chi connectivity index (χ3v) is 3.37. The Balaban J connectivity index is 2.52. The van der Waals surface area contributed by atoms with E-state index in [0.29, 0.717) is 19.2 Å². The van der Waals surface area contributed by atoms with Crippen LogP contribution in [0.4, 0.5) is 0 Å². The summed E-state index contributed by atoms with van der Waals surface area (Å²) in [4.78, 5) is 11.9. The summed E-state index contributed by atoms with van der Waals surface area (Å²) in [6.45, 7) is 8.16. The molecular weight excluding hydrogens is 266 g/mol. The maximum Gasteiger partial charge on any atom is 0.240 e. The van der Waals surface area contributed by atoms with Gasteiger partial charge in [0.1, 0.15) is 6.54 Å². The van der Waals surface area contributed by atoms with Crippen molar-refractivity contribution in [3.63, 3.8) is 0 Å². The first-order chi connectivity index (χ1) is 10.1. The van der Waals surface area contributed by atoms with Crippen LogP contribution < -0.4 is 10.6 Å². The Kier molecular flexibility index (Phi) is 8.08. The van der Waals surface area contributed by atoms with Gasteiger partial charge in [-0.15, -0.1) is 0 Å². The molecule has 0 fully saturated rings. The van der Waals surface area contributed by atoms with Crippen molar-refractivity contribution >= 4 is 5.91 Å². The lowest BCUT2D eigenvalue weighted by molar-refractivity contribution is -0.122. The second-order valence-electron chi connectivity index (χ2n) is 5.46. The van der Waals surface area contributed by atoms with E-state index in [1.165, 1.54) is 5.56 Å². The van der Waals surface area contributed by atoms with Crippen LogP contribution in [0.2, 0.25) is 0 Å². The van der Waals surface area contributed by atoms with Gasteiger partial charge < -0.3 is 19.9 Å². The van der Waals surface area contributed by atoms with E-state index in [4.69, 9.17) is 4.74 Å². The average molecular weight is 295 g/mol. The zero-order valence-corrected chi connectivity index (χ0v) is 13.7.